The van der Waals surface area contributed by atoms with Crippen LogP contribution in [0.5, 0.6) is 5.75 Å². The summed E-state index contributed by atoms with van der Waals surface area (Å²) < 4.78 is 38.8. The maximum absolute atomic E-state index is 12.9. The maximum Gasteiger partial charge on any atom is 0.419 e. The third-order valence-electron chi connectivity index (χ3n) is 3.32. The van der Waals surface area contributed by atoms with Crippen LogP contribution in [0, 0.1) is 0 Å². The molecule has 2 aromatic carbocycles. The number of aromatic nitrogens is 1. The van der Waals surface area contributed by atoms with Gasteiger partial charge in [-0.1, -0.05) is 23.7 Å². The molecule has 0 aliphatic rings. The fourth-order valence-electron chi connectivity index (χ4n) is 2.30. The highest BCUT2D eigenvalue weighted by atomic mass is 35.5. The molecule has 0 aliphatic heterocycles. The molecule has 3 aromatic rings. The number of benzene rings is 2. The minimum Gasteiger partial charge on any atom is -0.507 e. The standard InChI is InChI=1S/C16H9ClF3NO/c17-10-2-3-12-11(5-6-21-14(12)8-10)9-1-4-15(22)13(7-9)16(18,19)20/h1-8,22H. The second-order valence-electron chi connectivity index (χ2n) is 4.75. The molecule has 1 N–H and O–H groups in total. The van der Waals surface area contributed by atoms with E-state index in [0.717, 1.165) is 12.1 Å². The van der Waals surface area contributed by atoms with E-state index >= 15 is 0 Å². The van der Waals surface area contributed by atoms with E-state index in [1.54, 1.807) is 24.3 Å². The van der Waals surface area contributed by atoms with Crippen LogP contribution < -0.4 is 0 Å². The van der Waals surface area contributed by atoms with Crippen LogP contribution in [-0.4, -0.2) is 10.1 Å². The number of phenols is 1. The van der Waals surface area contributed by atoms with E-state index < -0.39 is 17.5 Å². The molecule has 0 aliphatic carbocycles. The Bertz CT molecular complexity index is 862. The normalized spacial score (nSPS) is 11.8. The van der Waals surface area contributed by atoms with E-state index in [9.17, 15) is 18.3 Å². The molecule has 0 radical (unpaired) electrons. The quantitative estimate of drug-likeness (QED) is 0.661. The van der Waals surface area contributed by atoms with Crippen molar-refractivity contribution in [2.24, 2.45) is 0 Å². The lowest BCUT2D eigenvalue weighted by Crippen LogP contribution is -2.05. The van der Waals surface area contributed by atoms with E-state index in [0.29, 0.717) is 27.1 Å². The Morgan fingerprint density at radius 3 is 2.50 bits per heavy atom. The fourth-order valence-corrected chi connectivity index (χ4v) is 2.47. The van der Waals surface area contributed by atoms with Gasteiger partial charge in [-0.3, -0.25) is 4.98 Å². The van der Waals surface area contributed by atoms with Gasteiger partial charge in [0.1, 0.15) is 5.75 Å². The SMILES string of the molecule is Oc1ccc(-c2ccnc3cc(Cl)ccc23)cc1C(F)(F)F. The Morgan fingerprint density at radius 1 is 1.00 bits per heavy atom. The lowest BCUT2D eigenvalue weighted by Gasteiger charge is -2.12. The highest BCUT2D eigenvalue weighted by Crippen LogP contribution is 2.39. The number of phenolic OH excluding ortho intramolecular Hbond substituents is 1. The van der Waals surface area contributed by atoms with Crippen molar-refractivity contribution >= 4 is 22.5 Å². The van der Waals surface area contributed by atoms with Crippen molar-refractivity contribution in [1.82, 2.24) is 4.98 Å². The second-order valence-corrected chi connectivity index (χ2v) is 5.19. The summed E-state index contributed by atoms with van der Waals surface area (Å²) in [6.45, 7) is 0. The second kappa shape index (κ2) is 5.18. The Kier molecular flexibility index (Phi) is 3.45. The molecule has 112 valence electrons. The van der Waals surface area contributed by atoms with Gasteiger partial charge in [0, 0.05) is 16.6 Å². The van der Waals surface area contributed by atoms with Crippen LogP contribution in [0.1, 0.15) is 5.56 Å². The van der Waals surface area contributed by atoms with Crippen molar-refractivity contribution in [3.8, 4) is 16.9 Å². The van der Waals surface area contributed by atoms with Gasteiger partial charge in [0.15, 0.2) is 0 Å². The third kappa shape index (κ3) is 2.60. The summed E-state index contributed by atoms with van der Waals surface area (Å²) in [6, 6.07) is 10.0. The molecular weight excluding hydrogens is 315 g/mol. The Labute approximate surface area is 128 Å². The molecule has 0 unspecified atom stereocenters. The predicted molar refractivity (Wildman–Crippen MR) is 78.9 cm³/mol. The van der Waals surface area contributed by atoms with Gasteiger partial charge in [-0.25, -0.2) is 0 Å². The molecular formula is C16H9ClF3NO. The first-order chi connectivity index (χ1) is 10.4. The maximum atomic E-state index is 12.9. The number of alkyl halides is 3. The Balaban J connectivity index is 2.24. The first-order valence-corrected chi connectivity index (χ1v) is 6.69. The molecule has 0 amide bonds. The number of fused-ring (bicyclic) bond motifs is 1. The van der Waals surface area contributed by atoms with Crippen molar-refractivity contribution in [2.75, 3.05) is 0 Å². The van der Waals surface area contributed by atoms with Crippen molar-refractivity contribution in [3.05, 3.63) is 59.2 Å². The molecule has 3 rings (SSSR count). The van der Waals surface area contributed by atoms with Gasteiger partial charge < -0.3 is 5.11 Å². The van der Waals surface area contributed by atoms with Crippen molar-refractivity contribution < 1.29 is 18.3 Å². The Morgan fingerprint density at radius 2 is 1.77 bits per heavy atom. The number of hydrogen-bond donors (Lipinski definition) is 1. The minimum absolute atomic E-state index is 0.347. The smallest absolute Gasteiger partial charge is 0.419 e. The summed E-state index contributed by atoms with van der Waals surface area (Å²) in [5.74, 6) is -0.794. The van der Waals surface area contributed by atoms with Gasteiger partial charge in [0.05, 0.1) is 11.1 Å². The number of rotatable bonds is 1. The van der Waals surface area contributed by atoms with Crippen LogP contribution in [0.15, 0.2) is 48.7 Å². The molecule has 0 fully saturated rings. The summed E-state index contributed by atoms with van der Waals surface area (Å²) in [5, 5.41) is 10.6. The zero-order valence-electron chi connectivity index (χ0n) is 11.0. The molecule has 0 saturated carbocycles. The van der Waals surface area contributed by atoms with Crippen LogP contribution in [0.3, 0.4) is 0 Å². The van der Waals surface area contributed by atoms with Crippen molar-refractivity contribution in [2.45, 2.75) is 6.18 Å². The van der Waals surface area contributed by atoms with E-state index in [4.69, 9.17) is 11.6 Å². The molecule has 0 atom stereocenters. The van der Waals surface area contributed by atoms with Gasteiger partial charge in [-0.15, -0.1) is 0 Å². The zero-order valence-corrected chi connectivity index (χ0v) is 11.8. The van der Waals surface area contributed by atoms with Crippen LogP contribution in [-0.2, 0) is 6.18 Å². The average molecular weight is 324 g/mol. The zero-order chi connectivity index (χ0) is 15.9. The van der Waals surface area contributed by atoms with Crippen molar-refractivity contribution in [3.63, 3.8) is 0 Å². The van der Waals surface area contributed by atoms with Crippen molar-refractivity contribution in [1.29, 1.82) is 0 Å². The number of hydrogen-bond acceptors (Lipinski definition) is 2. The number of halogens is 4. The lowest BCUT2D eigenvalue weighted by atomic mass is 9.99. The number of aromatic hydroxyl groups is 1. The monoisotopic (exact) mass is 323 g/mol. The van der Waals surface area contributed by atoms with Crippen LogP contribution in [0.25, 0.3) is 22.0 Å². The fraction of sp³-hybridized carbons (Fsp3) is 0.0625. The molecule has 6 heteroatoms. The minimum atomic E-state index is -4.62. The van der Waals surface area contributed by atoms with E-state index in [1.165, 1.54) is 12.3 Å². The average Bonchev–Trinajstić information content (AvgIpc) is 2.45. The topological polar surface area (TPSA) is 33.1 Å². The van der Waals surface area contributed by atoms with E-state index in [2.05, 4.69) is 4.98 Å². The highest BCUT2D eigenvalue weighted by Gasteiger charge is 2.34. The lowest BCUT2D eigenvalue weighted by molar-refractivity contribution is -0.138. The van der Waals surface area contributed by atoms with Gasteiger partial charge in [0.2, 0.25) is 0 Å². The molecule has 0 saturated heterocycles. The first kappa shape index (κ1) is 14.7. The highest BCUT2D eigenvalue weighted by molar-refractivity contribution is 6.31. The Hall–Kier alpha value is -2.27. The largest absolute Gasteiger partial charge is 0.507 e. The summed E-state index contributed by atoms with van der Waals surface area (Å²) in [4.78, 5) is 4.16. The molecule has 0 bridgehead atoms. The van der Waals surface area contributed by atoms with Gasteiger partial charge in [-0.2, -0.15) is 13.2 Å². The molecule has 1 aromatic heterocycles. The molecule has 22 heavy (non-hydrogen) atoms. The number of nitrogens with zero attached hydrogens (tertiary/aromatic N) is 1. The van der Waals surface area contributed by atoms with Crippen LogP contribution in [0.2, 0.25) is 5.02 Å². The van der Waals surface area contributed by atoms with Gasteiger partial charge in [0.25, 0.3) is 0 Å². The molecule has 1 heterocycles. The summed E-state index contributed by atoms with van der Waals surface area (Å²) in [7, 11) is 0. The molecule has 2 nitrogen and oxygen atoms in total. The third-order valence-corrected chi connectivity index (χ3v) is 3.55. The predicted octanol–water partition coefficient (Wildman–Crippen LogP) is 5.28. The summed E-state index contributed by atoms with van der Waals surface area (Å²) >= 11 is 5.90. The summed E-state index contributed by atoms with van der Waals surface area (Å²) in [5.41, 5.74) is 0.461. The van der Waals surface area contributed by atoms with Crippen LogP contribution in [0.4, 0.5) is 13.2 Å². The van der Waals surface area contributed by atoms with Gasteiger partial charge >= 0.3 is 6.18 Å². The molecule has 0 spiro atoms. The van der Waals surface area contributed by atoms with Gasteiger partial charge in [-0.05, 0) is 41.5 Å². The van der Waals surface area contributed by atoms with Crippen LogP contribution >= 0.6 is 11.6 Å². The number of pyridine rings is 1. The van der Waals surface area contributed by atoms with E-state index in [-0.39, 0.29) is 0 Å². The summed E-state index contributed by atoms with van der Waals surface area (Å²) in [6.07, 6.45) is -3.11. The van der Waals surface area contributed by atoms with E-state index in [1.807, 2.05) is 0 Å². The first-order valence-electron chi connectivity index (χ1n) is 6.31.